The highest BCUT2D eigenvalue weighted by Gasteiger charge is 2.19. The van der Waals surface area contributed by atoms with Crippen LogP contribution in [0.3, 0.4) is 0 Å². The van der Waals surface area contributed by atoms with E-state index in [1.807, 2.05) is 13.8 Å². The van der Waals surface area contributed by atoms with Crippen LogP contribution in [0.2, 0.25) is 0 Å². The van der Waals surface area contributed by atoms with Crippen molar-refractivity contribution in [1.82, 2.24) is 5.32 Å². The van der Waals surface area contributed by atoms with Crippen molar-refractivity contribution in [3.63, 3.8) is 0 Å². The molecule has 0 saturated heterocycles. The van der Waals surface area contributed by atoms with Gasteiger partial charge in [-0.15, -0.1) is 0 Å². The van der Waals surface area contributed by atoms with E-state index < -0.39 is 15.8 Å². The third kappa shape index (κ3) is 4.30. The van der Waals surface area contributed by atoms with E-state index in [2.05, 4.69) is 10.0 Å². The Labute approximate surface area is 123 Å². The third-order valence-electron chi connectivity index (χ3n) is 2.66. The molecule has 0 unspecified atom stereocenters. The van der Waals surface area contributed by atoms with Crippen molar-refractivity contribution in [2.45, 2.75) is 31.5 Å². The van der Waals surface area contributed by atoms with Gasteiger partial charge in [0.1, 0.15) is 11.6 Å². The van der Waals surface area contributed by atoms with Gasteiger partial charge in [0.25, 0.3) is 10.0 Å². The molecule has 2 rings (SSSR count). The van der Waals surface area contributed by atoms with Gasteiger partial charge in [-0.2, -0.15) is 8.42 Å². The minimum atomic E-state index is -3.86. The Morgan fingerprint density at radius 1 is 1.24 bits per heavy atom. The van der Waals surface area contributed by atoms with Crippen LogP contribution in [0, 0.1) is 5.82 Å². The topological polar surface area (TPSA) is 71.3 Å². The van der Waals surface area contributed by atoms with Gasteiger partial charge in [0.2, 0.25) is 5.09 Å². The summed E-state index contributed by atoms with van der Waals surface area (Å²) in [6.07, 6.45) is 0. The molecule has 2 N–H and O–H groups in total. The largest absolute Gasteiger partial charge is 0.446 e. The van der Waals surface area contributed by atoms with Crippen molar-refractivity contribution < 1.29 is 17.2 Å². The molecule has 0 radical (unpaired) electrons. The second-order valence-electron chi connectivity index (χ2n) is 4.87. The van der Waals surface area contributed by atoms with Crippen LogP contribution >= 0.6 is 0 Å². The zero-order chi connectivity index (χ0) is 15.5. The predicted octanol–water partition coefficient (Wildman–Crippen LogP) is 2.72. The lowest BCUT2D eigenvalue weighted by Crippen LogP contribution is -2.21. The molecule has 0 saturated carbocycles. The molecular formula is C14H17FN2O3S. The summed E-state index contributed by atoms with van der Waals surface area (Å²) in [5, 5.41) is 2.92. The highest BCUT2D eigenvalue weighted by atomic mass is 32.2. The molecular weight excluding hydrogens is 295 g/mol. The lowest BCUT2D eigenvalue weighted by Gasteiger charge is -2.06. The van der Waals surface area contributed by atoms with Gasteiger partial charge < -0.3 is 9.73 Å². The number of hydrogen-bond donors (Lipinski definition) is 2. The number of furan rings is 1. The highest BCUT2D eigenvalue weighted by molar-refractivity contribution is 7.92. The van der Waals surface area contributed by atoms with E-state index in [1.54, 1.807) is 6.07 Å². The summed E-state index contributed by atoms with van der Waals surface area (Å²) in [5.74, 6) is -0.000199. The molecule has 7 heteroatoms. The Hall–Kier alpha value is -1.86. The van der Waals surface area contributed by atoms with E-state index in [4.69, 9.17) is 4.42 Å². The summed E-state index contributed by atoms with van der Waals surface area (Å²) >= 11 is 0. The maximum absolute atomic E-state index is 13.1. The molecule has 2 aromatic rings. The summed E-state index contributed by atoms with van der Waals surface area (Å²) in [6, 6.07) is 8.45. The maximum Gasteiger partial charge on any atom is 0.295 e. The molecule has 114 valence electrons. The van der Waals surface area contributed by atoms with Crippen molar-refractivity contribution in [3.8, 4) is 0 Å². The molecule has 0 bridgehead atoms. The number of anilines is 1. The van der Waals surface area contributed by atoms with E-state index in [-0.39, 0.29) is 16.8 Å². The van der Waals surface area contributed by atoms with Gasteiger partial charge in [-0.05, 0) is 30.3 Å². The maximum atomic E-state index is 13.1. The molecule has 0 fully saturated rings. The average molecular weight is 312 g/mol. The van der Waals surface area contributed by atoms with Crippen molar-refractivity contribution in [1.29, 1.82) is 0 Å². The normalized spacial score (nSPS) is 11.8. The van der Waals surface area contributed by atoms with Crippen molar-refractivity contribution in [2.75, 3.05) is 4.72 Å². The van der Waals surface area contributed by atoms with Gasteiger partial charge in [0.05, 0.1) is 12.2 Å². The van der Waals surface area contributed by atoms with Gasteiger partial charge in [0, 0.05) is 6.04 Å². The van der Waals surface area contributed by atoms with Crippen LogP contribution < -0.4 is 10.0 Å². The number of nitrogens with one attached hydrogen (secondary N) is 2. The molecule has 0 aliphatic carbocycles. The van der Waals surface area contributed by atoms with Gasteiger partial charge in [0.15, 0.2) is 0 Å². The van der Waals surface area contributed by atoms with Gasteiger partial charge in [-0.3, -0.25) is 4.72 Å². The number of hydrogen-bond acceptors (Lipinski definition) is 4. The van der Waals surface area contributed by atoms with Gasteiger partial charge >= 0.3 is 0 Å². The lowest BCUT2D eigenvalue weighted by molar-refractivity contribution is 0.396. The second-order valence-corrected chi connectivity index (χ2v) is 6.49. The molecule has 0 aliphatic rings. The molecule has 0 aliphatic heterocycles. The highest BCUT2D eigenvalue weighted by Crippen LogP contribution is 2.19. The van der Waals surface area contributed by atoms with Crippen LogP contribution in [0.4, 0.5) is 10.1 Å². The second kappa shape index (κ2) is 6.28. The van der Waals surface area contributed by atoms with E-state index in [1.165, 1.54) is 24.3 Å². The van der Waals surface area contributed by atoms with Crippen molar-refractivity contribution in [3.05, 3.63) is 48.0 Å². The summed E-state index contributed by atoms with van der Waals surface area (Å²) < 4.78 is 44.9. The van der Waals surface area contributed by atoms with Crippen LogP contribution in [0.1, 0.15) is 19.6 Å². The van der Waals surface area contributed by atoms with Gasteiger partial charge in [-0.1, -0.05) is 19.9 Å². The summed E-state index contributed by atoms with van der Waals surface area (Å²) in [5.41, 5.74) is 0.147. The molecule has 0 spiro atoms. The van der Waals surface area contributed by atoms with Gasteiger partial charge in [-0.25, -0.2) is 4.39 Å². The predicted molar refractivity (Wildman–Crippen MR) is 77.9 cm³/mol. The fraction of sp³-hybridized carbons (Fsp3) is 0.286. The third-order valence-corrected chi connectivity index (χ3v) is 3.92. The Bertz CT molecular complexity index is 711. The molecule has 21 heavy (non-hydrogen) atoms. The van der Waals surface area contributed by atoms with Crippen LogP contribution in [0.25, 0.3) is 0 Å². The Morgan fingerprint density at radius 2 is 2.00 bits per heavy atom. The first-order valence-corrected chi connectivity index (χ1v) is 7.95. The smallest absolute Gasteiger partial charge is 0.295 e. The Kier molecular flexibility index (Phi) is 4.64. The Morgan fingerprint density at radius 3 is 2.67 bits per heavy atom. The molecule has 1 aromatic carbocycles. The molecule has 0 amide bonds. The fourth-order valence-corrected chi connectivity index (χ4v) is 2.66. The minimum Gasteiger partial charge on any atom is -0.446 e. The SMILES string of the molecule is CC(C)NCc1ccc(S(=O)(=O)Nc2cccc(F)c2)o1. The molecule has 1 aromatic heterocycles. The fourth-order valence-electron chi connectivity index (χ4n) is 1.66. The number of rotatable bonds is 6. The van der Waals surface area contributed by atoms with E-state index in [0.29, 0.717) is 12.3 Å². The average Bonchev–Trinajstić information content (AvgIpc) is 2.85. The zero-order valence-corrected chi connectivity index (χ0v) is 12.6. The first-order chi connectivity index (χ1) is 9.87. The first kappa shape index (κ1) is 15.5. The van der Waals surface area contributed by atoms with E-state index >= 15 is 0 Å². The Balaban J connectivity index is 2.12. The van der Waals surface area contributed by atoms with Crippen molar-refractivity contribution >= 4 is 15.7 Å². The monoisotopic (exact) mass is 312 g/mol. The number of sulfonamides is 1. The summed E-state index contributed by atoms with van der Waals surface area (Å²) in [6.45, 7) is 4.39. The quantitative estimate of drug-likeness (QED) is 0.860. The zero-order valence-electron chi connectivity index (χ0n) is 11.8. The lowest BCUT2D eigenvalue weighted by atomic mass is 10.3. The minimum absolute atomic E-state index is 0.147. The van der Waals surface area contributed by atoms with E-state index in [0.717, 1.165) is 6.07 Å². The molecule has 5 nitrogen and oxygen atoms in total. The van der Waals surface area contributed by atoms with Crippen LogP contribution in [-0.2, 0) is 16.6 Å². The van der Waals surface area contributed by atoms with Crippen LogP contribution in [-0.4, -0.2) is 14.5 Å². The van der Waals surface area contributed by atoms with Crippen LogP contribution in [0.5, 0.6) is 0 Å². The van der Waals surface area contributed by atoms with E-state index in [9.17, 15) is 12.8 Å². The number of benzene rings is 1. The van der Waals surface area contributed by atoms with Crippen molar-refractivity contribution in [2.24, 2.45) is 0 Å². The standard InChI is InChI=1S/C14H17FN2O3S/c1-10(2)16-9-13-6-7-14(20-13)21(18,19)17-12-5-3-4-11(15)8-12/h3-8,10,16-17H,9H2,1-2H3. The summed E-state index contributed by atoms with van der Waals surface area (Å²) in [4.78, 5) is 0. The van der Waals surface area contributed by atoms with Crippen LogP contribution in [0.15, 0.2) is 45.9 Å². The first-order valence-electron chi connectivity index (χ1n) is 6.47. The molecule has 0 atom stereocenters. The number of halogens is 1. The summed E-state index contributed by atoms with van der Waals surface area (Å²) in [7, 11) is -3.86. The molecule has 1 heterocycles.